The smallest absolute Gasteiger partial charge is 0.326 e. The topological polar surface area (TPSA) is 264 Å². The minimum Gasteiger partial charge on any atom is -0.481 e. The van der Waals surface area contributed by atoms with Crippen LogP contribution in [0.15, 0.2) is 0 Å². The molecule has 2 atom stereocenters. The highest BCUT2D eigenvalue weighted by atomic mass is 16.5. The van der Waals surface area contributed by atoms with Crippen LogP contribution in [0.5, 0.6) is 0 Å². The van der Waals surface area contributed by atoms with Crippen molar-refractivity contribution in [1.29, 1.82) is 0 Å². The first-order valence-corrected chi connectivity index (χ1v) is 23.4. The summed E-state index contributed by atoms with van der Waals surface area (Å²) in [6.07, 6.45) is 20.4. The van der Waals surface area contributed by atoms with Crippen LogP contribution >= 0.6 is 0 Å². The molecule has 0 aromatic rings. The Labute approximate surface area is 380 Å². The number of unbranched alkanes of at least 4 members (excludes halogenated alkanes) is 14. The minimum atomic E-state index is -1.11. The maximum atomic E-state index is 12.2. The van der Waals surface area contributed by atoms with Gasteiger partial charge >= 0.3 is 11.9 Å². The first kappa shape index (κ1) is 63.8. The van der Waals surface area contributed by atoms with Gasteiger partial charge < -0.3 is 50.6 Å². The second-order valence-electron chi connectivity index (χ2n) is 15.8. The summed E-state index contributed by atoms with van der Waals surface area (Å²) in [5.41, 5.74) is 0. The number of aliphatic carboxylic acids is 2. The molecule has 0 rings (SSSR count). The van der Waals surface area contributed by atoms with Gasteiger partial charge in [-0.25, -0.2) is 4.79 Å². The van der Waals surface area contributed by atoms with Crippen molar-refractivity contribution in [2.24, 2.45) is 5.92 Å². The normalized spacial score (nSPS) is 11.6. The van der Waals surface area contributed by atoms with Crippen molar-refractivity contribution < 1.29 is 71.1 Å². The predicted molar refractivity (Wildman–Crippen MR) is 247 cm³/mol. The third kappa shape index (κ3) is 49.4. The van der Waals surface area contributed by atoms with Gasteiger partial charge in [-0.15, -0.1) is 0 Å². The van der Waals surface area contributed by atoms with E-state index in [1.54, 1.807) is 21.0 Å². The van der Waals surface area contributed by atoms with Crippen LogP contribution in [-0.2, 0) is 52.5 Å². The van der Waals surface area contributed by atoms with E-state index in [1.807, 2.05) is 6.92 Å². The number of rotatable bonds is 44. The van der Waals surface area contributed by atoms with E-state index in [2.05, 4.69) is 16.0 Å². The zero-order valence-corrected chi connectivity index (χ0v) is 39.4. The van der Waals surface area contributed by atoms with E-state index in [9.17, 15) is 38.7 Å². The Balaban J connectivity index is -0.000000386. The van der Waals surface area contributed by atoms with Crippen LogP contribution in [0.4, 0.5) is 0 Å². The molecule has 0 aliphatic carbocycles. The highest BCUT2D eigenvalue weighted by Gasteiger charge is 2.20. The van der Waals surface area contributed by atoms with Gasteiger partial charge in [0.25, 0.3) is 0 Å². The lowest BCUT2D eigenvalue weighted by molar-refractivity contribution is -0.142. The average Bonchev–Trinajstić information content (AvgIpc) is 3.23. The van der Waals surface area contributed by atoms with Crippen LogP contribution in [0, 0.1) is 5.92 Å². The molecule has 0 heterocycles. The number of carboxylic acid groups (broad SMARTS) is 2. The zero-order valence-electron chi connectivity index (χ0n) is 39.4. The van der Waals surface area contributed by atoms with Crippen molar-refractivity contribution in [2.45, 2.75) is 181 Å². The largest absolute Gasteiger partial charge is 0.481 e. The molecule has 0 radical (unpaired) electrons. The highest BCUT2D eigenvalue weighted by Crippen LogP contribution is 2.14. The van der Waals surface area contributed by atoms with Gasteiger partial charge in [0.15, 0.2) is 0 Å². The summed E-state index contributed by atoms with van der Waals surface area (Å²) in [7, 11) is 1.59. The van der Waals surface area contributed by atoms with Crippen molar-refractivity contribution in [3.63, 3.8) is 0 Å². The summed E-state index contributed by atoms with van der Waals surface area (Å²) in [5.74, 6) is -1.93. The molecule has 0 saturated heterocycles. The molecule has 374 valence electrons. The number of hydrogen-bond acceptors (Lipinski definition) is 11. The molecule has 17 heteroatoms. The van der Waals surface area contributed by atoms with Gasteiger partial charge in [0.2, 0.25) is 17.7 Å². The number of carbonyl (C=O) groups is 7. The number of Topliss-reactive ketones (excluding diaryl/α,β-unsaturated/α-hetero) is 2. The molecule has 0 spiro atoms. The number of hydrogen-bond donors (Lipinski definition) is 5. The van der Waals surface area contributed by atoms with Gasteiger partial charge in [-0.2, -0.15) is 0 Å². The molecule has 0 fully saturated rings. The van der Waals surface area contributed by atoms with Crippen LogP contribution in [0.3, 0.4) is 0 Å². The second kappa shape index (κ2) is 48.0. The lowest BCUT2D eigenvalue weighted by atomic mass is 10.0. The van der Waals surface area contributed by atoms with Crippen molar-refractivity contribution in [1.82, 2.24) is 16.0 Å². The fraction of sp³-hybridized carbons (Fsp3) is 0.848. The van der Waals surface area contributed by atoms with Gasteiger partial charge in [0.05, 0.1) is 33.0 Å². The van der Waals surface area contributed by atoms with Crippen molar-refractivity contribution >= 4 is 41.2 Å². The summed E-state index contributed by atoms with van der Waals surface area (Å²) < 4.78 is 20.7. The van der Waals surface area contributed by atoms with Crippen LogP contribution in [0.25, 0.3) is 0 Å². The van der Waals surface area contributed by atoms with Crippen LogP contribution in [-0.4, -0.2) is 129 Å². The Hall–Kier alpha value is -3.51. The Morgan fingerprint density at radius 1 is 0.540 bits per heavy atom. The van der Waals surface area contributed by atoms with Gasteiger partial charge in [0.1, 0.15) is 24.2 Å². The Morgan fingerprint density at radius 3 is 1.60 bits per heavy atom. The van der Waals surface area contributed by atoms with E-state index < -0.39 is 18.0 Å². The quantitative estimate of drug-likeness (QED) is 0.0415. The van der Waals surface area contributed by atoms with Crippen molar-refractivity contribution in [3.05, 3.63) is 0 Å². The molecule has 0 bridgehead atoms. The van der Waals surface area contributed by atoms with E-state index in [1.165, 1.54) is 44.9 Å². The van der Waals surface area contributed by atoms with E-state index >= 15 is 0 Å². The number of carboxylic acids is 2. The molecule has 0 aromatic carbocycles. The summed E-state index contributed by atoms with van der Waals surface area (Å²) in [6, 6.07) is -1.03. The number of nitrogens with one attached hydrogen (secondary N) is 3. The van der Waals surface area contributed by atoms with Crippen molar-refractivity contribution in [3.8, 4) is 0 Å². The third-order valence-electron chi connectivity index (χ3n) is 10.1. The summed E-state index contributed by atoms with van der Waals surface area (Å²) >= 11 is 0. The fourth-order valence-electron chi connectivity index (χ4n) is 6.08. The zero-order chi connectivity index (χ0) is 46.5. The van der Waals surface area contributed by atoms with Gasteiger partial charge in [-0.3, -0.25) is 28.8 Å². The molecule has 0 aliphatic rings. The van der Waals surface area contributed by atoms with Crippen molar-refractivity contribution in [2.75, 3.05) is 66.4 Å². The van der Waals surface area contributed by atoms with Gasteiger partial charge in [0, 0.05) is 67.7 Å². The predicted octanol–water partition coefficient (Wildman–Crippen LogP) is 6.40. The number of ketones is 2. The molecule has 63 heavy (non-hydrogen) atoms. The standard InChI is InChI=1S/C29H53NO8.C17H32N2O5.H2O.2H2/c1-37-23-24-38-22-16-17-25(31)20-21-26(29(35)36)30-27(32)18-14-12-10-8-6-4-2-3-5-7-9-11-13-15-19-28(33)34;1-4-16(21)19-9-10-23-11-12-24-13-17(22)18-8-6-5-7-14(2)15(3)20;;;/h26H,2-24H2,1H3,(H,30,32)(H,33,34)(H,35,36);14H,4-13H2,1-3H3,(H,18,22)(H,19,21);1H2;2*1H/t26-;14-;;;/m00.../s1. The Morgan fingerprint density at radius 2 is 1.06 bits per heavy atom. The maximum absolute atomic E-state index is 12.2. The third-order valence-corrected chi connectivity index (χ3v) is 10.1. The molecular formula is C46H91N3O14. The molecular weight excluding hydrogens is 819 g/mol. The molecule has 0 aromatic heterocycles. The van der Waals surface area contributed by atoms with E-state index in [-0.39, 0.29) is 69.4 Å². The number of ether oxygens (including phenoxy) is 4. The lowest BCUT2D eigenvalue weighted by Crippen LogP contribution is -2.41. The first-order chi connectivity index (χ1) is 29.8. The average molecular weight is 910 g/mol. The summed E-state index contributed by atoms with van der Waals surface area (Å²) in [5, 5.41) is 26.0. The SMILES string of the molecule is CCC(=O)NCCOCCOCC(=O)NCCCC[C@H](C)C(C)=O.COCCOCCCC(=O)CC[C@H](NC(=O)CCCCCCCCCCCCCCCCC(=O)O)C(=O)O.O.[HH].[HH]. The molecule has 3 amide bonds. The number of carbonyl (C=O) groups excluding carboxylic acids is 5. The van der Waals surface area contributed by atoms with Crippen LogP contribution in [0.2, 0.25) is 0 Å². The molecule has 0 aliphatic heterocycles. The summed E-state index contributed by atoms with van der Waals surface area (Å²) in [4.78, 5) is 79.6. The van der Waals surface area contributed by atoms with Gasteiger partial charge in [-0.05, 0) is 45.4 Å². The molecule has 0 unspecified atom stereocenters. The second-order valence-corrected chi connectivity index (χ2v) is 15.8. The van der Waals surface area contributed by atoms with Crippen LogP contribution < -0.4 is 16.0 Å². The van der Waals surface area contributed by atoms with Gasteiger partial charge in [-0.1, -0.05) is 97.3 Å². The van der Waals surface area contributed by atoms with E-state index in [0.29, 0.717) is 78.4 Å². The Bertz CT molecular complexity index is 1190. The number of amides is 3. The lowest BCUT2D eigenvalue weighted by Gasteiger charge is -2.14. The molecule has 7 N–H and O–H groups in total. The highest BCUT2D eigenvalue weighted by molar-refractivity contribution is 5.84. The summed E-state index contributed by atoms with van der Waals surface area (Å²) in [6.45, 7) is 9.04. The minimum absolute atomic E-state index is 0. The maximum Gasteiger partial charge on any atom is 0.326 e. The number of methoxy groups -OCH3 is 1. The molecule has 0 saturated carbocycles. The fourth-order valence-corrected chi connectivity index (χ4v) is 6.08. The Kier molecular flexibility index (Phi) is 48.5. The van der Waals surface area contributed by atoms with E-state index in [0.717, 1.165) is 64.2 Å². The molecule has 17 nitrogen and oxygen atoms in total. The monoisotopic (exact) mass is 910 g/mol. The van der Waals surface area contributed by atoms with Crippen LogP contribution in [0.1, 0.15) is 178 Å². The van der Waals surface area contributed by atoms with E-state index in [4.69, 9.17) is 24.1 Å². The first-order valence-electron chi connectivity index (χ1n) is 23.4.